The van der Waals surface area contributed by atoms with Crippen molar-refractivity contribution in [2.45, 2.75) is 137 Å². The molecule has 0 unspecified atom stereocenters. The summed E-state index contributed by atoms with van der Waals surface area (Å²) in [6, 6.07) is -2.98. The van der Waals surface area contributed by atoms with Crippen LogP contribution in [0.1, 0.15) is 20.8 Å². The summed E-state index contributed by atoms with van der Waals surface area (Å²) >= 11 is 0. The van der Waals surface area contributed by atoms with Gasteiger partial charge >= 0.3 is 0 Å². The van der Waals surface area contributed by atoms with E-state index in [1.54, 1.807) is 0 Å². The predicted molar refractivity (Wildman–Crippen MR) is 158 cm³/mol. The summed E-state index contributed by atoms with van der Waals surface area (Å²) in [5.74, 6) is -1.42. The van der Waals surface area contributed by atoms with Crippen LogP contribution in [0, 0.1) is 0 Å². The molecule has 19 atom stereocenters. The first-order valence-corrected chi connectivity index (χ1v) is 15.8. The second kappa shape index (κ2) is 18.8. The Hall–Kier alpha value is -1.78. The van der Waals surface area contributed by atoms with Crippen molar-refractivity contribution >= 4 is 11.8 Å². The van der Waals surface area contributed by atoms with Gasteiger partial charge in [0, 0.05) is 13.8 Å². The number of hydrogen-bond acceptors (Lipinski definition) is 20. The molecule has 3 saturated heterocycles. The molecule has 0 aromatic rings. The van der Waals surface area contributed by atoms with Gasteiger partial charge in [0.2, 0.25) is 11.8 Å². The van der Waals surface area contributed by atoms with Gasteiger partial charge in [0.05, 0.1) is 38.6 Å². The molecule has 292 valence electrons. The molecule has 0 aromatic carbocycles. The van der Waals surface area contributed by atoms with E-state index in [-0.39, 0.29) is 0 Å². The highest BCUT2D eigenvalue weighted by Gasteiger charge is 2.52. The van der Waals surface area contributed by atoms with Gasteiger partial charge in [-0.25, -0.2) is 0 Å². The minimum Gasteiger partial charge on any atom is -0.394 e. The van der Waals surface area contributed by atoms with Crippen molar-refractivity contribution in [1.82, 2.24) is 10.6 Å². The van der Waals surface area contributed by atoms with Crippen LogP contribution in [0.15, 0.2) is 0 Å². The molecule has 3 rings (SSSR count). The Bertz CT molecular complexity index is 1080. The van der Waals surface area contributed by atoms with Crippen LogP contribution in [0.25, 0.3) is 0 Å². The Morgan fingerprint density at radius 3 is 1.86 bits per heavy atom. The lowest BCUT2D eigenvalue weighted by molar-refractivity contribution is -0.346. The molecule has 0 aromatic heterocycles. The van der Waals surface area contributed by atoms with E-state index < -0.39 is 155 Å². The number of hydrogen-bond donors (Lipinski definition) is 14. The van der Waals surface area contributed by atoms with Crippen LogP contribution >= 0.6 is 0 Å². The molecule has 3 heterocycles. The summed E-state index contributed by atoms with van der Waals surface area (Å²) in [5.41, 5.74) is 0. The summed E-state index contributed by atoms with van der Waals surface area (Å²) < 4.78 is 33.2. The van der Waals surface area contributed by atoms with Gasteiger partial charge in [0.1, 0.15) is 85.4 Å². The standard InChI is InChI=1S/C28H50N2O20/c1-8-16(37)20(41)22(43)27(46-8)50-25-14(6-33)48-26(15(19(25)40)30-10(3)35)45-7-12(36)17(38)24(11(4-31)29-9(2)34)49-28-23(44)21(42)18(39)13(5-32)47-28/h8,11-28,31-33,36-44H,4-7H2,1-3H3,(H,29,34)(H,30,35)/t8-,11-,12+,13+,14+,15+,16+,17-,18-,19+,20+,21-,22-,23+,24+,25+,26+,27-,28-/m0/s1. The zero-order chi connectivity index (χ0) is 37.6. The normalized spacial score (nSPS) is 41.9. The van der Waals surface area contributed by atoms with Crippen LogP contribution in [-0.4, -0.2) is 216 Å². The van der Waals surface area contributed by atoms with E-state index >= 15 is 0 Å². The maximum atomic E-state index is 12.1. The summed E-state index contributed by atoms with van der Waals surface area (Å²) in [6.45, 7) is 0.0881. The first kappa shape index (κ1) is 42.6. The van der Waals surface area contributed by atoms with Crippen molar-refractivity contribution < 1.29 is 99.3 Å². The second-order valence-corrected chi connectivity index (χ2v) is 12.4. The molecule has 0 aliphatic carbocycles. The molecule has 50 heavy (non-hydrogen) atoms. The van der Waals surface area contributed by atoms with Crippen molar-refractivity contribution in [3.8, 4) is 0 Å². The topological polar surface area (TPSA) is 356 Å². The molecular formula is C28H50N2O20. The zero-order valence-corrected chi connectivity index (χ0v) is 27.4. The molecule has 22 heteroatoms. The molecule has 0 radical (unpaired) electrons. The fourth-order valence-electron chi connectivity index (χ4n) is 5.80. The molecule has 0 saturated carbocycles. The van der Waals surface area contributed by atoms with Gasteiger partial charge < -0.3 is 100 Å². The number of aliphatic hydroxyl groups excluding tert-OH is 12. The number of amides is 2. The van der Waals surface area contributed by atoms with Gasteiger partial charge in [-0.1, -0.05) is 0 Å². The van der Waals surface area contributed by atoms with Crippen molar-refractivity contribution in [2.75, 3.05) is 26.4 Å². The predicted octanol–water partition coefficient (Wildman–Crippen LogP) is -8.80. The Balaban J connectivity index is 1.78. The number of nitrogens with one attached hydrogen (secondary N) is 2. The summed E-state index contributed by atoms with van der Waals surface area (Å²) in [4.78, 5) is 23.9. The zero-order valence-electron chi connectivity index (χ0n) is 27.4. The quantitative estimate of drug-likeness (QED) is 0.0742. The molecule has 2 amide bonds. The largest absolute Gasteiger partial charge is 0.394 e. The third-order valence-electron chi connectivity index (χ3n) is 8.61. The fraction of sp³-hybridized carbons (Fsp3) is 0.929. The number of carbonyl (C=O) groups excluding carboxylic acids is 2. The van der Waals surface area contributed by atoms with Crippen molar-refractivity contribution in [2.24, 2.45) is 0 Å². The van der Waals surface area contributed by atoms with E-state index in [2.05, 4.69) is 10.6 Å². The van der Waals surface area contributed by atoms with Gasteiger partial charge in [-0.2, -0.15) is 0 Å². The number of rotatable bonds is 15. The van der Waals surface area contributed by atoms with Crippen LogP contribution in [0.2, 0.25) is 0 Å². The summed E-state index contributed by atoms with van der Waals surface area (Å²) in [6.07, 6.45) is -28.9. The average Bonchev–Trinajstić information content (AvgIpc) is 3.07. The maximum Gasteiger partial charge on any atom is 0.217 e. The molecule has 3 aliphatic heterocycles. The van der Waals surface area contributed by atoms with Crippen LogP contribution in [-0.2, 0) is 38.0 Å². The highest BCUT2D eigenvalue weighted by molar-refractivity contribution is 5.73. The minimum atomic E-state index is -2.10. The highest BCUT2D eigenvalue weighted by atomic mass is 16.7. The Morgan fingerprint density at radius 1 is 0.720 bits per heavy atom. The molecule has 0 bridgehead atoms. The Morgan fingerprint density at radius 2 is 1.30 bits per heavy atom. The van der Waals surface area contributed by atoms with Gasteiger partial charge in [0.25, 0.3) is 0 Å². The molecule has 22 nitrogen and oxygen atoms in total. The van der Waals surface area contributed by atoms with Crippen LogP contribution in [0.5, 0.6) is 0 Å². The Kier molecular flexibility index (Phi) is 16.0. The number of aliphatic hydroxyl groups is 12. The first-order valence-electron chi connectivity index (χ1n) is 15.8. The van der Waals surface area contributed by atoms with E-state index in [1.165, 1.54) is 6.92 Å². The van der Waals surface area contributed by atoms with E-state index in [0.29, 0.717) is 0 Å². The van der Waals surface area contributed by atoms with Crippen LogP contribution in [0.3, 0.4) is 0 Å². The average molecular weight is 735 g/mol. The Labute approximate surface area is 285 Å². The third-order valence-corrected chi connectivity index (χ3v) is 8.61. The summed E-state index contributed by atoms with van der Waals surface area (Å²) in [7, 11) is 0. The van der Waals surface area contributed by atoms with Gasteiger partial charge in [0.15, 0.2) is 18.9 Å². The van der Waals surface area contributed by atoms with E-state index in [9.17, 15) is 70.9 Å². The smallest absolute Gasteiger partial charge is 0.217 e. The molecule has 3 fully saturated rings. The molecule has 14 N–H and O–H groups in total. The highest BCUT2D eigenvalue weighted by Crippen LogP contribution is 2.30. The fourth-order valence-corrected chi connectivity index (χ4v) is 5.80. The van der Waals surface area contributed by atoms with Gasteiger partial charge in [-0.15, -0.1) is 0 Å². The maximum absolute atomic E-state index is 12.1. The second-order valence-electron chi connectivity index (χ2n) is 12.4. The molecular weight excluding hydrogens is 684 g/mol. The monoisotopic (exact) mass is 734 g/mol. The first-order chi connectivity index (χ1) is 23.5. The molecule has 3 aliphatic rings. The lowest BCUT2D eigenvalue weighted by atomic mass is 9.95. The number of ether oxygens (including phenoxy) is 6. The van der Waals surface area contributed by atoms with Crippen LogP contribution in [0.4, 0.5) is 0 Å². The van der Waals surface area contributed by atoms with E-state index in [0.717, 1.165) is 13.8 Å². The third kappa shape index (κ3) is 10.00. The van der Waals surface area contributed by atoms with Crippen molar-refractivity contribution in [3.05, 3.63) is 0 Å². The lowest BCUT2D eigenvalue weighted by Crippen LogP contribution is -2.67. The number of carbonyl (C=O) groups is 2. The lowest BCUT2D eigenvalue weighted by Gasteiger charge is -2.47. The van der Waals surface area contributed by atoms with E-state index in [4.69, 9.17) is 28.4 Å². The minimum absolute atomic E-state index is 0.705. The summed E-state index contributed by atoms with van der Waals surface area (Å²) in [5, 5.41) is 129. The SMILES string of the molecule is CC(=O)N[C@H]1[C@H](OC[C@@H](O)[C@H](O)[C@H](O[C@@H]2O[C@H](CO)[C@H](O)[C@H](O)[C@H]2O)[C@H](CO)NC(C)=O)O[C@H](CO)[C@@H](O[C@@H]2O[C@@H](C)[C@@H](O)[C@@H](O)[C@@H]2O)[C@@H]1O. The van der Waals surface area contributed by atoms with Gasteiger partial charge in [-0.05, 0) is 6.92 Å². The van der Waals surface area contributed by atoms with Crippen molar-refractivity contribution in [1.29, 1.82) is 0 Å². The molecule has 0 spiro atoms. The van der Waals surface area contributed by atoms with Gasteiger partial charge in [-0.3, -0.25) is 9.59 Å². The van der Waals surface area contributed by atoms with Crippen LogP contribution < -0.4 is 10.6 Å². The van der Waals surface area contributed by atoms with E-state index in [1.807, 2.05) is 0 Å². The van der Waals surface area contributed by atoms with Crippen molar-refractivity contribution in [3.63, 3.8) is 0 Å².